The van der Waals surface area contributed by atoms with E-state index >= 15 is 0 Å². The van der Waals surface area contributed by atoms with E-state index in [1.54, 1.807) is 24.3 Å². The number of halogens is 1. The van der Waals surface area contributed by atoms with Gasteiger partial charge in [-0.1, -0.05) is 6.07 Å². The van der Waals surface area contributed by atoms with E-state index < -0.39 is 24.4 Å². The zero-order valence-corrected chi connectivity index (χ0v) is 16.5. The topological polar surface area (TPSA) is 93.7 Å². The number of hydrogen-bond acceptors (Lipinski definition) is 6. The summed E-state index contributed by atoms with van der Waals surface area (Å²) in [6, 6.07) is 8.67. The molecule has 2 rings (SSSR count). The van der Waals surface area contributed by atoms with Crippen LogP contribution in [0.1, 0.15) is 15.2 Å². The molecule has 0 fully saturated rings. The first-order chi connectivity index (χ1) is 12.4. The van der Waals surface area contributed by atoms with Gasteiger partial charge in [0.1, 0.15) is 10.6 Å². The van der Waals surface area contributed by atoms with Crippen LogP contribution in [-0.2, 0) is 14.3 Å². The summed E-state index contributed by atoms with van der Waals surface area (Å²) < 4.78 is 10.9. The number of methoxy groups -OCH3 is 1. The number of rotatable bonds is 7. The maximum atomic E-state index is 12.0. The van der Waals surface area contributed by atoms with Crippen molar-refractivity contribution >= 4 is 50.7 Å². The number of hydrogen-bond donors (Lipinski definition) is 2. The highest BCUT2D eigenvalue weighted by molar-refractivity contribution is 9.11. The number of carbonyl (C=O) groups is 3. The predicted molar refractivity (Wildman–Crippen MR) is 102 cm³/mol. The van der Waals surface area contributed by atoms with Gasteiger partial charge in [0.2, 0.25) is 5.91 Å². The summed E-state index contributed by atoms with van der Waals surface area (Å²) in [6.07, 6.45) is 0. The van der Waals surface area contributed by atoms with Gasteiger partial charge in [0.05, 0.1) is 23.1 Å². The Morgan fingerprint density at radius 1 is 1.15 bits per heavy atom. The molecule has 0 atom stereocenters. The highest BCUT2D eigenvalue weighted by Crippen LogP contribution is 2.25. The molecule has 0 aliphatic rings. The second-order valence-corrected chi connectivity index (χ2v) is 7.67. The van der Waals surface area contributed by atoms with Crippen molar-refractivity contribution in [2.24, 2.45) is 0 Å². The largest absolute Gasteiger partial charge is 0.495 e. The fourth-order valence-electron chi connectivity index (χ4n) is 1.97. The summed E-state index contributed by atoms with van der Waals surface area (Å²) in [6.45, 7) is 1.17. The number of esters is 1. The van der Waals surface area contributed by atoms with E-state index in [1.165, 1.54) is 18.4 Å². The van der Waals surface area contributed by atoms with Gasteiger partial charge in [-0.2, -0.15) is 0 Å². The van der Waals surface area contributed by atoms with Gasteiger partial charge in [-0.3, -0.25) is 9.59 Å². The SMILES string of the molecule is COc1ccc(C)cc1NC(=O)CNC(=O)COC(=O)c1ccc(Br)s1. The van der Waals surface area contributed by atoms with Crippen LogP contribution in [-0.4, -0.2) is 38.0 Å². The molecule has 0 aliphatic carbocycles. The lowest BCUT2D eigenvalue weighted by molar-refractivity contribution is -0.126. The molecule has 9 heteroatoms. The summed E-state index contributed by atoms with van der Waals surface area (Å²) in [5.41, 5.74) is 1.47. The minimum absolute atomic E-state index is 0.252. The molecule has 0 saturated carbocycles. The van der Waals surface area contributed by atoms with Crippen molar-refractivity contribution in [2.75, 3.05) is 25.6 Å². The van der Waals surface area contributed by atoms with Gasteiger partial charge in [0, 0.05) is 0 Å². The fraction of sp³-hybridized carbons (Fsp3) is 0.235. The Bertz CT molecular complexity index is 821. The van der Waals surface area contributed by atoms with Crippen LogP contribution < -0.4 is 15.4 Å². The number of amides is 2. The zero-order chi connectivity index (χ0) is 19.1. The van der Waals surface area contributed by atoms with Crippen LogP contribution >= 0.6 is 27.3 Å². The molecule has 7 nitrogen and oxygen atoms in total. The summed E-state index contributed by atoms with van der Waals surface area (Å²) in [4.78, 5) is 35.8. The molecule has 0 aliphatic heterocycles. The van der Waals surface area contributed by atoms with E-state index in [1.807, 2.05) is 13.0 Å². The number of benzene rings is 1. The molecule has 2 amide bonds. The van der Waals surface area contributed by atoms with Gasteiger partial charge in [-0.25, -0.2) is 4.79 Å². The Balaban J connectivity index is 1.77. The molecule has 1 aromatic carbocycles. The summed E-state index contributed by atoms with van der Waals surface area (Å²) in [7, 11) is 1.50. The molecule has 0 bridgehead atoms. The molecule has 138 valence electrons. The lowest BCUT2D eigenvalue weighted by atomic mass is 10.2. The van der Waals surface area contributed by atoms with Crippen LogP contribution in [0, 0.1) is 6.92 Å². The Morgan fingerprint density at radius 2 is 1.92 bits per heavy atom. The molecular formula is C17H17BrN2O5S. The van der Waals surface area contributed by atoms with Crippen LogP contribution in [0.4, 0.5) is 5.69 Å². The number of carbonyl (C=O) groups excluding carboxylic acids is 3. The van der Waals surface area contributed by atoms with Gasteiger partial charge in [-0.05, 0) is 52.7 Å². The fourth-order valence-corrected chi connectivity index (χ4v) is 3.25. The molecule has 0 radical (unpaired) electrons. The Kier molecular flexibility index (Phi) is 7.16. The molecule has 2 N–H and O–H groups in total. The second kappa shape index (κ2) is 9.35. The van der Waals surface area contributed by atoms with Crippen LogP contribution in [0.15, 0.2) is 34.1 Å². The van der Waals surface area contributed by atoms with E-state index in [9.17, 15) is 14.4 Å². The van der Waals surface area contributed by atoms with Crippen molar-refractivity contribution in [2.45, 2.75) is 6.92 Å². The number of nitrogens with one attached hydrogen (secondary N) is 2. The van der Waals surface area contributed by atoms with Gasteiger partial charge in [0.15, 0.2) is 6.61 Å². The number of thiophene rings is 1. The van der Waals surface area contributed by atoms with Gasteiger partial charge >= 0.3 is 5.97 Å². The van der Waals surface area contributed by atoms with Crippen LogP contribution in [0.3, 0.4) is 0 Å². The third-order valence-electron chi connectivity index (χ3n) is 3.18. The van der Waals surface area contributed by atoms with Crippen molar-refractivity contribution in [1.29, 1.82) is 0 Å². The minimum Gasteiger partial charge on any atom is -0.495 e. The number of aryl methyl sites for hydroxylation is 1. The first kappa shape index (κ1) is 19.9. The van der Waals surface area contributed by atoms with Gasteiger partial charge in [-0.15, -0.1) is 11.3 Å². The molecule has 2 aromatic rings. The molecule has 0 spiro atoms. The normalized spacial score (nSPS) is 10.1. The molecule has 0 saturated heterocycles. The average molecular weight is 441 g/mol. The van der Waals surface area contributed by atoms with Gasteiger partial charge < -0.3 is 20.1 Å². The molecule has 1 aromatic heterocycles. The molecule has 0 unspecified atom stereocenters. The van der Waals surface area contributed by atoms with Crippen LogP contribution in [0.25, 0.3) is 0 Å². The van der Waals surface area contributed by atoms with Crippen molar-refractivity contribution < 1.29 is 23.9 Å². The molecule has 1 heterocycles. The second-order valence-electron chi connectivity index (χ2n) is 5.21. The average Bonchev–Trinajstić information content (AvgIpc) is 3.04. The van der Waals surface area contributed by atoms with E-state index in [2.05, 4.69) is 26.6 Å². The monoisotopic (exact) mass is 440 g/mol. The van der Waals surface area contributed by atoms with E-state index in [4.69, 9.17) is 9.47 Å². The van der Waals surface area contributed by atoms with Crippen molar-refractivity contribution in [3.63, 3.8) is 0 Å². The first-order valence-electron chi connectivity index (χ1n) is 7.52. The quantitative estimate of drug-likeness (QED) is 0.645. The maximum Gasteiger partial charge on any atom is 0.348 e. The zero-order valence-electron chi connectivity index (χ0n) is 14.1. The first-order valence-corrected chi connectivity index (χ1v) is 9.13. The molecule has 26 heavy (non-hydrogen) atoms. The van der Waals surface area contributed by atoms with Crippen LogP contribution in [0.2, 0.25) is 0 Å². The Morgan fingerprint density at radius 3 is 2.58 bits per heavy atom. The smallest absolute Gasteiger partial charge is 0.348 e. The van der Waals surface area contributed by atoms with E-state index in [0.717, 1.165) is 9.35 Å². The minimum atomic E-state index is -0.593. The lowest BCUT2D eigenvalue weighted by Crippen LogP contribution is -2.35. The van der Waals surface area contributed by atoms with E-state index in [0.29, 0.717) is 16.3 Å². The Hall–Kier alpha value is -2.39. The van der Waals surface area contributed by atoms with E-state index in [-0.39, 0.29) is 6.54 Å². The highest BCUT2D eigenvalue weighted by atomic mass is 79.9. The Labute approximate surface area is 162 Å². The number of ether oxygens (including phenoxy) is 2. The van der Waals surface area contributed by atoms with Crippen LogP contribution in [0.5, 0.6) is 5.75 Å². The van der Waals surface area contributed by atoms with Crippen molar-refractivity contribution in [1.82, 2.24) is 5.32 Å². The summed E-state index contributed by atoms with van der Waals surface area (Å²) in [5, 5.41) is 5.05. The highest BCUT2D eigenvalue weighted by Gasteiger charge is 2.13. The summed E-state index contributed by atoms with van der Waals surface area (Å²) in [5.74, 6) is -1.06. The third-order valence-corrected chi connectivity index (χ3v) is 4.79. The molecular weight excluding hydrogens is 424 g/mol. The maximum absolute atomic E-state index is 12.0. The van der Waals surface area contributed by atoms with Crippen molar-refractivity contribution in [3.05, 3.63) is 44.6 Å². The lowest BCUT2D eigenvalue weighted by Gasteiger charge is -2.11. The third kappa shape index (κ3) is 5.85. The summed E-state index contributed by atoms with van der Waals surface area (Å²) >= 11 is 4.45. The standard InChI is InChI=1S/C17H17BrN2O5S/c1-10-3-4-12(24-2)11(7-10)20-15(21)8-19-16(22)9-25-17(23)13-5-6-14(18)26-13/h3-7H,8-9H2,1-2H3,(H,19,22)(H,20,21). The predicted octanol–water partition coefficient (Wildman–Crippen LogP) is 2.74. The van der Waals surface area contributed by atoms with Gasteiger partial charge in [0.25, 0.3) is 5.91 Å². The number of anilines is 1. The van der Waals surface area contributed by atoms with Crippen molar-refractivity contribution in [3.8, 4) is 5.75 Å².